The lowest BCUT2D eigenvalue weighted by Gasteiger charge is -2.30. The van der Waals surface area contributed by atoms with Gasteiger partial charge in [0.2, 0.25) is 0 Å². The Hall–Kier alpha value is -1.85. The molecule has 0 spiro atoms. The van der Waals surface area contributed by atoms with Gasteiger partial charge in [-0.15, -0.1) is 0 Å². The molecule has 0 aliphatic carbocycles. The molecule has 0 radical (unpaired) electrons. The van der Waals surface area contributed by atoms with Gasteiger partial charge in [0.1, 0.15) is 0 Å². The maximum Gasteiger partial charge on any atom is 0.0564 e. The van der Waals surface area contributed by atoms with Crippen LogP contribution in [0.2, 0.25) is 0 Å². The van der Waals surface area contributed by atoms with Gasteiger partial charge in [0.25, 0.3) is 0 Å². The van der Waals surface area contributed by atoms with Crippen molar-refractivity contribution in [2.24, 2.45) is 0 Å². The molecule has 1 aliphatic rings. The maximum atomic E-state index is 9.65. The van der Waals surface area contributed by atoms with E-state index in [1.807, 2.05) is 13.1 Å². The first kappa shape index (κ1) is 16.0. The second-order valence-electron chi connectivity index (χ2n) is 6.48. The summed E-state index contributed by atoms with van der Waals surface area (Å²) in [4.78, 5) is 2.42. The molecule has 1 unspecified atom stereocenters. The number of aliphatic hydroxyl groups excluding tert-OH is 1. The van der Waals surface area contributed by atoms with Crippen molar-refractivity contribution in [1.29, 1.82) is 0 Å². The number of likely N-dealkylation sites (tertiary alicyclic amines) is 1. The summed E-state index contributed by atoms with van der Waals surface area (Å²) in [5, 5.41) is 20.4. The molecule has 3 N–H and O–H groups in total. The van der Waals surface area contributed by atoms with Gasteiger partial charge in [-0.1, -0.05) is 18.2 Å². The van der Waals surface area contributed by atoms with E-state index in [1.54, 1.807) is 0 Å². The molecule has 1 aliphatic heterocycles. The van der Waals surface area contributed by atoms with Gasteiger partial charge in [0.05, 0.1) is 18.3 Å². The number of nitrogens with zero attached hydrogens (tertiary/aromatic N) is 2. The quantitative estimate of drug-likeness (QED) is 0.794. The highest BCUT2D eigenvalue weighted by Crippen LogP contribution is 2.25. The van der Waals surface area contributed by atoms with Crippen LogP contribution in [-0.2, 0) is 6.54 Å². The van der Waals surface area contributed by atoms with Crippen LogP contribution < -0.4 is 5.32 Å². The van der Waals surface area contributed by atoms with Crippen molar-refractivity contribution in [1.82, 2.24) is 15.1 Å². The van der Waals surface area contributed by atoms with Gasteiger partial charge in [0, 0.05) is 36.6 Å². The van der Waals surface area contributed by atoms with Crippen LogP contribution in [0, 0.1) is 6.92 Å². The molecule has 124 valence electrons. The number of aromatic amines is 1. The Bertz CT molecular complexity index is 631. The number of nitrogens with one attached hydrogen (secondary N) is 2. The van der Waals surface area contributed by atoms with Crippen LogP contribution in [0.15, 0.2) is 30.5 Å². The molecular formula is C18H26N4O. The molecule has 3 rings (SSSR count). The summed E-state index contributed by atoms with van der Waals surface area (Å²) in [6.07, 6.45) is 3.52. The van der Waals surface area contributed by atoms with Gasteiger partial charge >= 0.3 is 0 Å². The summed E-state index contributed by atoms with van der Waals surface area (Å²) in [7, 11) is 0. The average Bonchev–Trinajstić information content (AvgIpc) is 2.97. The Balaban J connectivity index is 1.69. The van der Waals surface area contributed by atoms with E-state index in [9.17, 15) is 5.11 Å². The van der Waals surface area contributed by atoms with Crippen molar-refractivity contribution in [2.45, 2.75) is 45.4 Å². The minimum atomic E-state index is -0.122. The lowest BCUT2D eigenvalue weighted by Crippen LogP contribution is -2.35. The summed E-state index contributed by atoms with van der Waals surface area (Å²) >= 11 is 0. The number of aromatic nitrogens is 2. The molecule has 1 fully saturated rings. The van der Waals surface area contributed by atoms with Crippen LogP contribution in [0.25, 0.3) is 0 Å². The molecule has 0 bridgehead atoms. The number of hydrogen-bond acceptors (Lipinski definition) is 4. The first-order chi connectivity index (χ1) is 11.1. The largest absolute Gasteiger partial charge is 0.393 e. The van der Waals surface area contributed by atoms with Crippen LogP contribution >= 0.6 is 0 Å². The van der Waals surface area contributed by atoms with Gasteiger partial charge in [-0.3, -0.25) is 10.00 Å². The number of hydrogen-bond donors (Lipinski definition) is 3. The van der Waals surface area contributed by atoms with Crippen LogP contribution in [0.5, 0.6) is 0 Å². The van der Waals surface area contributed by atoms with Gasteiger partial charge in [-0.25, -0.2) is 0 Å². The van der Waals surface area contributed by atoms with E-state index in [0.29, 0.717) is 0 Å². The minimum absolute atomic E-state index is 0.122. The van der Waals surface area contributed by atoms with E-state index in [2.05, 4.69) is 51.6 Å². The van der Waals surface area contributed by atoms with Gasteiger partial charge in [-0.05, 0) is 38.3 Å². The topological polar surface area (TPSA) is 64.2 Å². The molecule has 1 atom stereocenters. The summed E-state index contributed by atoms with van der Waals surface area (Å²) < 4.78 is 0. The molecule has 1 aromatic carbocycles. The lowest BCUT2D eigenvalue weighted by molar-refractivity contribution is 0.0793. The van der Waals surface area contributed by atoms with Crippen LogP contribution in [-0.4, -0.2) is 39.4 Å². The SMILES string of the molecule is Cc1[nH]ncc1C(C)Nc1ccccc1CN1CCC(O)CC1. The fourth-order valence-electron chi connectivity index (χ4n) is 3.22. The first-order valence-electron chi connectivity index (χ1n) is 8.38. The summed E-state index contributed by atoms with van der Waals surface area (Å²) in [5.74, 6) is 0. The Morgan fingerprint density at radius 2 is 2.09 bits per heavy atom. The van der Waals surface area contributed by atoms with E-state index in [1.165, 1.54) is 16.8 Å². The van der Waals surface area contributed by atoms with E-state index in [4.69, 9.17) is 0 Å². The van der Waals surface area contributed by atoms with Crippen LogP contribution in [0.4, 0.5) is 5.69 Å². The van der Waals surface area contributed by atoms with Gasteiger partial charge in [0.15, 0.2) is 0 Å². The highest BCUT2D eigenvalue weighted by atomic mass is 16.3. The second kappa shape index (κ2) is 7.15. The van der Waals surface area contributed by atoms with E-state index in [-0.39, 0.29) is 12.1 Å². The summed E-state index contributed by atoms with van der Waals surface area (Å²) in [6, 6.07) is 8.69. The number of H-pyrrole nitrogens is 1. The Kier molecular flexibility index (Phi) is 4.98. The van der Waals surface area contributed by atoms with Crippen molar-refractivity contribution in [3.63, 3.8) is 0 Å². The molecule has 23 heavy (non-hydrogen) atoms. The fraction of sp³-hybridized carbons (Fsp3) is 0.500. The minimum Gasteiger partial charge on any atom is -0.393 e. The smallest absolute Gasteiger partial charge is 0.0564 e. The third kappa shape index (κ3) is 3.92. The van der Waals surface area contributed by atoms with Crippen molar-refractivity contribution >= 4 is 5.69 Å². The number of rotatable bonds is 5. The number of piperidine rings is 1. The zero-order chi connectivity index (χ0) is 16.2. The highest BCUT2D eigenvalue weighted by molar-refractivity contribution is 5.52. The summed E-state index contributed by atoms with van der Waals surface area (Å²) in [6.45, 7) is 7.06. The number of benzene rings is 1. The zero-order valence-electron chi connectivity index (χ0n) is 13.9. The number of aryl methyl sites for hydroxylation is 1. The number of anilines is 1. The molecule has 1 saturated heterocycles. The Morgan fingerprint density at radius 3 is 2.78 bits per heavy atom. The van der Waals surface area contributed by atoms with Gasteiger partial charge < -0.3 is 10.4 Å². The predicted octanol–water partition coefficient (Wildman–Crippen LogP) is 2.85. The average molecular weight is 314 g/mol. The van der Waals surface area contributed by atoms with Crippen molar-refractivity contribution in [2.75, 3.05) is 18.4 Å². The molecule has 2 aromatic rings. The monoisotopic (exact) mass is 314 g/mol. The van der Waals surface area contributed by atoms with E-state index in [0.717, 1.165) is 38.2 Å². The van der Waals surface area contributed by atoms with E-state index < -0.39 is 0 Å². The first-order valence-corrected chi connectivity index (χ1v) is 8.38. The Morgan fingerprint density at radius 1 is 1.35 bits per heavy atom. The van der Waals surface area contributed by atoms with Crippen LogP contribution in [0.3, 0.4) is 0 Å². The maximum absolute atomic E-state index is 9.65. The molecule has 5 heteroatoms. The third-order valence-electron chi connectivity index (χ3n) is 4.68. The molecular weight excluding hydrogens is 288 g/mol. The predicted molar refractivity (Wildman–Crippen MR) is 92.3 cm³/mol. The Labute approximate surface area is 137 Å². The molecule has 0 saturated carbocycles. The van der Waals surface area contributed by atoms with Crippen molar-refractivity contribution < 1.29 is 5.11 Å². The van der Waals surface area contributed by atoms with Crippen LogP contribution in [0.1, 0.15) is 42.6 Å². The highest BCUT2D eigenvalue weighted by Gasteiger charge is 2.18. The molecule has 5 nitrogen and oxygen atoms in total. The number of aliphatic hydroxyl groups is 1. The summed E-state index contributed by atoms with van der Waals surface area (Å²) in [5.41, 5.74) is 4.78. The standard InChI is InChI=1S/C18H26N4O/c1-13(17-11-19-21-14(17)2)20-18-6-4-3-5-15(18)12-22-9-7-16(23)8-10-22/h3-6,11,13,16,20,23H,7-10,12H2,1-2H3,(H,19,21). The second-order valence-corrected chi connectivity index (χ2v) is 6.48. The fourth-order valence-corrected chi connectivity index (χ4v) is 3.22. The molecule has 0 amide bonds. The number of para-hydroxylation sites is 1. The van der Waals surface area contributed by atoms with Crippen molar-refractivity contribution in [3.8, 4) is 0 Å². The van der Waals surface area contributed by atoms with Crippen molar-refractivity contribution in [3.05, 3.63) is 47.3 Å². The normalized spacial score (nSPS) is 18.0. The molecule has 1 aromatic heterocycles. The lowest BCUT2D eigenvalue weighted by atomic mass is 10.1. The third-order valence-corrected chi connectivity index (χ3v) is 4.68. The molecule has 2 heterocycles. The van der Waals surface area contributed by atoms with Gasteiger partial charge in [-0.2, -0.15) is 5.10 Å². The van der Waals surface area contributed by atoms with E-state index >= 15 is 0 Å². The zero-order valence-corrected chi connectivity index (χ0v) is 13.9.